The Balaban J connectivity index is 1.53. The van der Waals surface area contributed by atoms with Crippen molar-refractivity contribution in [1.82, 2.24) is 5.32 Å². The molecule has 0 radical (unpaired) electrons. The predicted molar refractivity (Wildman–Crippen MR) is 129 cm³/mol. The summed E-state index contributed by atoms with van der Waals surface area (Å²) in [5, 5.41) is 3.16. The van der Waals surface area contributed by atoms with E-state index in [0.717, 1.165) is 29.9 Å². The van der Waals surface area contributed by atoms with Crippen LogP contribution < -0.4 is 10.2 Å². The van der Waals surface area contributed by atoms with E-state index in [1.807, 2.05) is 6.07 Å². The molecule has 1 saturated carbocycles. The fourth-order valence-corrected chi connectivity index (χ4v) is 5.58. The number of halogens is 3. The molecule has 0 spiro atoms. The molecule has 34 heavy (non-hydrogen) atoms. The molecular weight excluding hydrogens is 461 g/mol. The van der Waals surface area contributed by atoms with Crippen LogP contribution in [-0.4, -0.2) is 24.9 Å². The number of benzene rings is 2. The Morgan fingerprint density at radius 2 is 1.82 bits per heavy atom. The van der Waals surface area contributed by atoms with Gasteiger partial charge in [0.1, 0.15) is 0 Å². The number of nitrogens with zero attached hydrogens (tertiary/aromatic N) is 1. The highest BCUT2D eigenvalue weighted by molar-refractivity contribution is 8.04. The number of rotatable bonds is 3. The average Bonchev–Trinajstić information content (AvgIpc) is 2.80. The van der Waals surface area contributed by atoms with E-state index in [4.69, 9.17) is 0 Å². The van der Waals surface area contributed by atoms with Crippen molar-refractivity contribution in [2.45, 2.75) is 50.2 Å². The molecule has 0 saturated heterocycles. The van der Waals surface area contributed by atoms with Crippen LogP contribution in [0.3, 0.4) is 0 Å². The van der Waals surface area contributed by atoms with Gasteiger partial charge in [-0.1, -0.05) is 50.6 Å². The van der Waals surface area contributed by atoms with Gasteiger partial charge in [-0.05, 0) is 60.2 Å². The zero-order valence-electron chi connectivity index (χ0n) is 19.3. The standard InChI is InChI=1S/C26H27F3N2O2S/c1-15-5-4-6-20(16(15)2)30-24(32)18-9-12-22-21(14-18)31(3)25(33)23(34-22)13-17-7-10-19(11-8-17)26(27,28)29/h7-16,20H,4-6H2,1-3H3,(H,30,32). The molecule has 2 amide bonds. The first kappa shape index (κ1) is 24.4. The van der Waals surface area contributed by atoms with Crippen LogP contribution in [0.1, 0.15) is 54.6 Å². The minimum atomic E-state index is -4.41. The molecule has 3 unspecified atom stereocenters. The van der Waals surface area contributed by atoms with Gasteiger partial charge in [-0.2, -0.15) is 13.2 Å². The second kappa shape index (κ2) is 9.49. The van der Waals surface area contributed by atoms with Gasteiger partial charge in [0.2, 0.25) is 0 Å². The summed E-state index contributed by atoms with van der Waals surface area (Å²) < 4.78 is 38.4. The summed E-state index contributed by atoms with van der Waals surface area (Å²) in [6.45, 7) is 4.39. The number of anilines is 1. The molecule has 1 fully saturated rings. The summed E-state index contributed by atoms with van der Waals surface area (Å²) in [6.07, 6.45) is 0.423. The number of fused-ring (bicyclic) bond motifs is 1. The van der Waals surface area contributed by atoms with Gasteiger partial charge in [-0.3, -0.25) is 9.59 Å². The van der Waals surface area contributed by atoms with E-state index < -0.39 is 11.7 Å². The Hall–Kier alpha value is -2.74. The van der Waals surface area contributed by atoms with Crippen LogP contribution in [0.15, 0.2) is 52.3 Å². The highest BCUT2D eigenvalue weighted by Crippen LogP contribution is 2.42. The molecule has 0 aromatic heterocycles. The van der Waals surface area contributed by atoms with Crippen LogP contribution in [0.5, 0.6) is 0 Å². The van der Waals surface area contributed by atoms with Crippen molar-refractivity contribution >= 4 is 35.3 Å². The number of hydrogen-bond acceptors (Lipinski definition) is 3. The number of thioether (sulfide) groups is 1. The Morgan fingerprint density at radius 1 is 1.12 bits per heavy atom. The SMILES string of the molecule is CC1CCCC(NC(=O)c2ccc3c(c2)N(C)C(=O)C(=Cc2ccc(C(F)(F)F)cc2)S3)C1C. The molecule has 2 aromatic rings. The fourth-order valence-electron chi connectivity index (χ4n) is 4.49. The molecule has 1 aliphatic carbocycles. The molecular formula is C26H27F3N2O2S. The second-order valence-corrected chi connectivity index (χ2v) is 10.2. The largest absolute Gasteiger partial charge is 0.416 e. The Labute approximate surface area is 201 Å². The molecule has 1 aliphatic heterocycles. The average molecular weight is 489 g/mol. The quantitative estimate of drug-likeness (QED) is 0.511. The Kier molecular flexibility index (Phi) is 6.80. The zero-order chi connectivity index (χ0) is 24.6. The molecule has 4 nitrogen and oxygen atoms in total. The van der Waals surface area contributed by atoms with E-state index in [1.54, 1.807) is 25.3 Å². The van der Waals surface area contributed by atoms with E-state index in [-0.39, 0.29) is 17.9 Å². The minimum Gasteiger partial charge on any atom is -0.349 e. The number of carbonyl (C=O) groups is 2. The maximum Gasteiger partial charge on any atom is 0.416 e. The third kappa shape index (κ3) is 5.02. The van der Waals surface area contributed by atoms with E-state index in [0.29, 0.717) is 33.6 Å². The fraction of sp³-hybridized carbons (Fsp3) is 0.385. The first-order chi connectivity index (χ1) is 16.0. The summed E-state index contributed by atoms with van der Waals surface area (Å²) in [5.41, 5.74) is 0.909. The van der Waals surface area contributed by atoms with Crippen molar-refractivity contribution < 1.29 is 22.8 Å². The lowest BCUT2D eigenvalue weighted by atomic mass is 9.78. The lowest BCUT2D eigenvalue weighted by Gasteiger charge is -2.34. The van der Waals surface area contributed by atoms with Gasteiger partial charge in [0, 0.05) is 23.5 Å². The summed E-state index contributed by atoms with van der Waals surface area (Å²) in [4.78, 5) is 28.6. The molecule has 8 heteroatoms. The van der Waals surface area contributed by atoms with Crippen molar-refractivity contribution in [3.05, 3.63) is 64.1 Å². The topological polar surface area (TPSA) is 49.4 Å². The van der Waals surface area contributed by atoms with Crippen LogP contribution in [0, 0.1) is 11.8 Å². The molecule has 0 bridgehead atoms. The van der Waals surface area contributed by atoms with Crippen LogP contribution in [0.2, 0.25) is 0 Å². The molecule has 180 valence electrons. The van der Waals surface area contributed by atoms with E-state index in [2.05, 4.69) is 19.2 Å². The summed E-state index contributed by atoms with van der Waals surface area (Å²) in [5.74, 6) is 0.556. The van der Waals surface area contributed by atoms with Gasteiger partial charge >= 0.3 is 6.18 Å². The maximum absolute atomic E-state index is 13.0. The van der Waals surface area contributed by atoms with E-state index >= 15 is 0 Å². The predicted octanol–water partition coefficient (Wildman–Crippen LogP) is 6.37. The molecule has 4 rings (SSSR count). The lowest BCUT2D eigenvalue weighted by Crippen LogP contribution is -2.43. The first-order valence-corrected chi connectivity index (χ1v) is 12.2. The number of amides is 2. The number of alkyl halides is 3. The van der Waals surface area contributed by atoms with Gasteiger partial charge in [-0.25, -0.2) is 0 Å². The van der Waals surface area contributed by atoms with Crippen molar-refractivity contribution in [1.29, 1.82) is 0 Å². The highest BCUT2D eigenvalue weighted by atomic mass is 32.2. The third-order valence-corrected chi connectivity index (χ3v) is 7.95. The third-order valence-electron chi connectivity index (χ3n) is 6.88. The minimum absolute atomic E-state index is 0.138. The highest BCUT2D eigenvalue weighted by Gasteiger charge is 2.31. The van der Waals surface area contributed by atoms with Gasteiger partial charge in [0.15, 0.2) is 0 Å². The van der Waals surface area contributed by atoms with Crippen molar-refractivity contribution in [2.24, 2.45) is 11.8 Å². The summed E-state index contributed by atoms with van der Waals surface area (Å²) in [7, 11) is 1.63. The van der Waals surface area contributed by atoms with Gasteiger partial charge in [0.05, 0.1) is 16.2 Å². The van der Waals surface area contributed by atoms with Gasteiger partial charge in [-0.15, -0.1) is 0 Å². The van der Waals surface area contributed by atoms with Crippen molar-refractivity contribution in [2.75, 3.05) is 11.9 Å². The van der Waals surface area contributed by atoms with Crippen LogP contribution in [0.4, 0.5) is 18.9 Å². The molecule has 1 N–H and O–H groups in total. The zero-order valence-corrected chi connectivity index (χ0v) is 20.1. The summed E-state index contributed by atoms with van der Waals surface area (Å²) in [6, 6.07) is 10.1. The molecule has 3 atom stereocenters. The number of likely N-dealkylation sites (N-methyl/N-ethyl adjacent to an activating group) is 1. The molecule has 2 aliphatic rings. The monoisotopic (exact) mass is 488 g/mol. The van der Waals surface area contributed by atoms with Crippen LogP contribution >= 0.6 is 11.8 Å². The van der Waals surface area contributed by atoms with Crippen LogP contribution in [0.25, 0.3) is 6.08 Å². The Morgan fingerprint density at radius 3 is 2.50 bits per heavy atom. The number of nitrogens with one attached hydrogen (secondary N) is 1. The first-order valence-electron chi connectivity index (χ1n) is 11.3. The number of carbonyl (C=O) groups excluding carboxylic acids is 2. The molecule has 2 aromatic carbocycles. The van der Waals surface area contributed by atoms with E-state index in [9.17, 15) is 22.8 Å². The van der Waals surface area contributed by atoms with Crippen LogP contribution in [-0.2, 0) is 11.0 Å². The normalized spacial score (nSPS) is 24.2. The smallest absolute Gasteiger partial charge is 0.349 e. The van der Waals surface area contributed by atoms with E-state index in [1.165, 1.54) is 35.2 Å². The van der Waals surface area contributed by atoms with Gasteiger partial charge < -0.3 is 10.2 Å². The molecule has 1 heterocycles. The van der Waals surface area contributed by atoms with Crippen molar-refractivity contribution in [3.8, 4) is 0 Å². The van der Waals surface area contributed by atoms with Gasteiger partial charge in [0.25, 0.3) is 11.8 Å². The summed E-state index contributed by atoms with van der Waals surface area (Å²) >= 11 is 1.25. The second-order valence-electron chi connectivity index (χ2n) is 9.12. The Bertz CT molecular complexity index is 1130. The number of hydrogen-bond donors (Lipinski definition) is 1. The lowest BCUT2D eigenvalue weighted by molar-refractivity contribution is -0.137. The van der Waals surface area contributed by atoms with Crippen molar-refractivity contribution in [3.63, 3.8) is 0 Å². The maximum atomic E-state index is 13.0.